The molecule has 1 N–H and O–H groups in total. The summed E-state index contributed by atoms with van der Waals surface area (Å²) in [5.41, 5.74) is 0.945. The first-order chi connectivity index (χ1) is 10.9. The molecule has 1 atom stereocenters. The molecule has 1 aliphatic heterocycles. The van der Waals surface area contributed by atoms with E-state index >= 15 is 0 Å². The predicted molar refractivity (Wildman–Crippen MR) is 95.3 cm³/mol. The zero-order valence-corrected chi connectivity index (χ0v) is 15.7. The summed E-state index contributed by atoms with van der Waals surface area (Å²) < 4.78 is 5.24. The third kappa shape index (κ3) is 3.71. The van der Waals surface area contributed by atoms with Crippen molar-refractivity contribution in [1.82, 2.24) is 5.32 Å². The van der Waals surface area contributed by atoms with Crippen LogP contribution < -0.4 is 15.0 Å². The summed E-state index contributed by atoms with van der Waals surface area (Å²) in [5, 5.41) is 3.02. The van der Waals surface area contributed by atoms with Crippen molar-refractivity contribution in [2.24, 2.45) is 5.41 Å². The van der Waals surface area contributed by atoms with Crippen LogP contribution in [0.2, 0.25) is 0 Å². The van der Waals surface area contributed by atoms with Crippen LogP contribution in [-0.4, -0.2) is 30.5 Å². The summed E-state index contributed by atoms with van der Waals surface area (Å²) in [4.78, 5) is 27.3. The summed E-state index contributed by atoms with van der Waals surface area (Å²) in [6.07, 6.45) is 0.294. The normalized spacial score (nSPS) is 16.0. The molecule has 0 aliphatic carbocycles. The first kappa shape index (κ1) is 18.3. The lowest BCUT2D eigenvalue weighted by atomic mass is 9.84. The average molecular weight is 332 g/mol. The summed E-state index contributed by atoms with van der Waals surface area (Å²) in [6.45, 7) is 11.8. The minimum absolute atomic E-state index is 0.0535. The van der Waals surface area contributed by atoms with Crippen LogP contribution in [0.25, 0.3) is 0 Å². The van der Waals surface area contributed by atoms with Crippen molar-refractivity contribution >= 4 is 17.5 Å². The summed E-state index contributed by atoms with van der Waals surface area (Å²) >= 11 is 0. The van der Waals surface area contributed by atoms with Crippen LogP contribution in [0.15, 0.2) is 18.2 Å². The van der Waals surface area contributed by atoms with E-state index in [2.05, 4.69) is 5.32 Å². The number of hydrogen-bond donors (Lipinski definition) is 1. The zero-order valence-electron chi connectivity index (χ0n) is 15.7. The Kier molecular flexibility index (Phi) is 4.66. The number of fused-ring (bicyclic) bond motifs is 1. The standard InChI is InChI=1S/C19H28N2O3/c1-18(2,3)16(17(23)20-19(4,5)6)21-14-9-8-13(24-7)10-12(14)11-15(21)22/h8-10,16H,11H2,1-7H3,(H,20,23). The van der Waals surface area contributed by atoms with Crippen molar-refractivity contribution in [3.8, 4) is 5.75 Å². The van der Waals surface area contributed by atoms with E-state index in [1.807, 2.05) is 59.7 Å². The maximum Gasteiger partial charge on any atom is 0.244 e. The highest BCUT2D eigenvalue weighted by molar-refractivity contribution is 6.07. The van der Waals surface area contributed by atoms with Crippen LogP contribution >= 0.6 is 0 Å². The number of methoxy groups -OCH3 is 1. The van der Waals surface area contributed by atoms with E-state index in [0.29, 0.717) is 6.42 Å². The molecule has 0 spiro atoms. The Morgan fingerprint density at radius 3 is 2.33 bits per heavy atom. The quantitative estimate of drug-likeness (QED) is 0.926. The van der Waals surface area contributed by atoms with E-state index in [0.717, 1.165) is 17.0 Å². The Hall–Kier alpha value is -2.04. The molecular weight excluding hydrogens is 304 g/mol. The fourth-order valence-electron chi connectivity index (χ4n) is 3.07. The highest BCUT2D eigenvalue weighted by Crippen LogP contribution is 2.38. The number of carbonyl (C=O) groups excluding carboxylic acids is 2. The third-order valence-corrected chi connectivity index (χ3v) is 3.98. The Balaban J connectivity index is 2.45. The predicted octanol–water partition coefficient (Wildman–Crippen LogP) is 2.91. The Labute approximate surface area is 144 Å². The molecule has 5 heteroatoms. The van der Waals surface area contributed by atoms with Crippen LogP contribution in [0.4, 0.5) is 5.69 Å². The van der Waals surface area contributed by atoms with Crippen molar-refractivity contribution in [1.29, 1.82) is 0 Å². The molecule has 0 bridgehead atoms. The van der Waals surface area contributed by atoms with Crippen molar-refractivity contribution in [2.45, 2.75) is 59.5 Å². The topological polar surface area (TPSA) is 58.6 Å². The van der Waals surface area contributed by atoms with Gasteiger partial charge in [0.15, 0.2) is 0 Å². The second-order valence-electron chi connectivity index (χ2n) is 8.44. The van der Waals surface area contributed by atoms with Crippen molar-refractivity contribution in [3.05, 3.63) is 23.8 Å². The van der Waals surface area contributed by atoms with Crippen LogP contribution in [0, 0.1) is 5.41 Å². The van der Waals surface area contributed by atoms with Crippen molar-refractivity contribution in [2.75, 3.05) is 12.0 Å². The number of nitrogens with zero attached hydrogens (tertiary/aromatic N) is 1. The minimum atomic E-state index is -0.570. The number of amides is 2. The molecule has 24 heavy (non-hydrogen) atoms. The molecule has 1 heterocycles. The second-order valence-corrected chi connectivity index (χ2v) is 8.44. The molecule has 1 aromatic rings. The van der Waals surface area contributed by atoms with Crippen LogP contribution in [0.5, 0.6) is 5.75 Å². The van der Waals surface area contributed by atoms with Gasteiger partial charge >= 0.3 is 0 Å². The lowest BCUT2D eigenvalue weighted by molar-refractivity contribution is -0.129. The zero-order chi connectivity index (χ0) is 18.3. The molecule has 2 rings (SSSR count). The van der Waals surface area contributed by atoms with Gasteiger partial charge in [0.25, 0.3) is 0 Å². The van der Waals surface area contributed by atoms with Crippen LogP contribution in [0.3, 0.4) is 0 Å². The number of hydrogen-bond acceptors (Lipinski definition) is 3. The molecule has 1 aliphatic rings. The maximum absolute atomic E-state index is 12.9. The molecule has 2 amide bonds. The summed E-state index contributed by atoms with van der Waals surface area (Å²) in [7, 11) is 1.60. The fraction of sp³-hybridized carbons (Fsp3) is 0.579. The molecule has 1 unspecified atom stereocenters. The van der Waals surface area contributed by atoms with Gasteiger partial charge in [0.05, 0.1) is 13.5 Å². The van der Waals surface area contributed by atoms with Gasteiger partial charge in [0.2, 0.25) is 11.8 Å². The largest absolute Gasteiger partial charge is 0.497 e. The Morgan fingerprint density at radius 2 is 1.83 bits per heavy atom. The van der Waals surface area contributed by atoms with E-state index in [1.165, 1.54) is 0 Å². The van der Waals surface area contributed by atoms with Gasteiger partial charge in [0.1, 0.15) is 11.8 Å². The third-order valence-electron chi connectivity index (χ3n) is 3.98. The van der Waals surface area contributed by atoms with Gasteiger partial charge < -0.3 is 10.1 Å². The fourth-order valence-corrected chi connectivity index (χ4v) is 3.07. The van der Waals surface area contributed by atoms with E-state index in [9.17, 15) is 9.59 Å². The Morgan fingerprint density at radius 1 is 1.21 bits per heavy atom. The molecular formula is C19H28N2O3. The van der Waals surface area contributed by atoms with Gasteiger partial charge in [-0.15, -0.1) is 0 Å². The summed E-state index contributed by atoms with van der Waals surface area (Å²) in [6, 6.07) is 4.99. The van der Waals surface area contributed by atoms with Gasteiger partial charge in [-0.3, -0.25) is 14.5 Å². The molecule has 0 fully saturated rings. The SMILES string of the molecule is COc1ccc2c(c1)CC(=O)N2C(C(=O)NC(C)(C)C)C(C)(C)C. The number of ether oxygens (including phenoxy) is 1. The van der Waals surface area contributed by atoms with Gasteiger partial charge in [0, 0.05) is 11.2 Å². The molecule has 0 saturated heterocycles. The van der Waals surface area contributed by atoms with Gasteiger partial charge in [-0.1, -0.05) is 20.8 Å². The lowest BCUT2D eigenvalue weighted by Crippen LogP contribution is -2.58. The number of carbonyl (C=O) groups is 2. The molecule has 0 radical (unpaired) electrons. The molecule has 5 nitrogen and oxygen atoms in total. The maximum atomic E-state index is 12.9. The van der Waals surface area contributed by atoms with Crippen LogP contribution in [-0.2, 0) is 16.0 Å². The summed E-state index contributed by atoms with van der Waals surface area (Å²) in [5.74, 6) is 0.532. The van der Waals surface area contributed by atoms with E-state index in [1.54, 1.807) is 12.0 Å². The Bertz CT molecular complexity index is 654. The van der Waals surface area contributed by atoms with E-state index in [4.69, 9.17) is 4.74 Å². The lowest BCUT2D eigenvalue weighted by Gasteiger charge is -2.38. The van der Waals surface area contributed by atoms with Gasteiger partial charge in [-0.05, 0) is 49.9 Å². The monoisotopic (exact) mass is 332 g/mol. The van der Waals surface area contributed by atoms with Gasteiger partial charge in [-0.2, -0.15) is 0 Å². The minimum Gasteiger partial charge on any atom is -0.497 e. The van der Waals surface area contributed by atoms with E-state index in [-0.39, 0.29) is 17.4 Å². The smallest absolute Gasteiger partial charge is 0.244 e. The van der Waals surface area contributed by atoms with Crippen LogP contribution in [0.1, 0.15) is 47.1 Å². The average Bonchev–Trinajstić information content (AvgIpc) is 2.71. The first-order valence-corrected chi connectivity index (χ1v) is 8.25. The molecule has 1 aromatic carbocycles. The number of benzene rings is 1. The highest BCUT2D eigenvalue weighted by Gasteiger charge is 2.44. The number of rotatable bonds is 3. The van der Waals surface area contributed by atoms with E-state index < -0.39 is 11.5 Å². The number of nitrogens with one attached hydrogen (secondary N) is 1. The van der Waals surface area contributed by atoms with Crippen molar-refractivity contribution in [3.63, 3.8) is 0 Å². The molecule has 0 saturated carbocycles. The highest BCUT2D eigenvalue weighted by atomic mass is 16.5. The van der Waals surface area contributed by atoms with Crippen molar-refractivity contribution < 1.29 is 14.3 Å². The number of anilines is 1. The van der Waals surface area contributed by atoms with Gasteiger partial charge in [-0.25, -0.2) is 0 Å². The second kappa shape index (κ2) is 6.11. The molecule has 132 valence electrons. The molecule has 0 aromatic heterocycles. The first-order valence-electron chi connectivity index (χ1n) is 8.25.